The van der Waals surface area contributed by atoms with Gasteiger partial charge in [-0.1, -0.05) is 18.2 Å². The van der Waals surface area contributed by atoms with Crippen LogP contribution in [-0.2, 0) is 0 Å². The fraction of sp³-hybridized carbons (Fsp3) is 0.227. The van der Waals surface area contributed by atoms with E-state index in [2.05, 4.69) is 20.6 Å². The summed E-state index contributed by atoms with van der Waals surface area (Å²) in [6, 6.07) is 15.1. The van der Waals surface area contributed by atoms with Crippen LogP contribution in [0.5, 0.6) is 5.75 Å². The number of aromatic nitrogens is 2. The lowest BCUT2D eigenvalue weighted by Crippen LogP contribution is -2.34. The standard InChI is InChI=1S/C22H25N5O2/c1-4-27(5-2)22(28)26-19-8-6-7-18(13-19)25-21-23-14-17(15-24-21)16-9-11-20(29-3)12-10-16/h6-15H,4-5H2,1-3H3,(H,26,28)(H,23,24,25). The first-order chi connectivity index (χ1) is 14.1. The van der Waals surface area contributed by atoms with E-state index in [-0.39, 0.29) is 6.03 Å². The average molecular weight is 391 g/mol. The van der Waals surface area contributed by atoms with Crippen LogP contribution in [0.1, 0.15) is 13.8 Å². The fourth-order valence-corrected chi connectivity index (χ4v) is 2.84. The summed E-state index contributed by atoms with van der Waals surface area (Å²) in [4.78, 5) is 22.7. The minimum Gasteiger partial charge on any atom is -0.497 e. The maximum atomic E-state index is 12.2. The molecule has 0 aliphatic rings. The van der Waals surface area contributed by atoms with E-state index in [0.29, 0.717) is 24.7 Å². The Morgan fingerprint density at radius 3 is 2.24 bits per heavy atom. The number of benzene rings is 2. The molecule has 0 radical (unpaired) electrons. The Bertz CT molecular complexity index is 938. The van der Waals surface area contributed by atoms with Gasteiger partial charge in [0.2, 0.25) is 5.95 Å². The number of amides is 2. The maximum absolute atomic E-state index is 12.2. The Labute approximate surface area is 170 Å². The molecule has 0 spiro atoms. The summed E-state index contributed by atoms with van der Waals surface area (Å²) in [6.45, 7) is 5.23. The van der Waals surface area contributed by atoms with Gasteiger partial charge in [0.1, 0.15) is 5.75 Å². The van der Waals surface area contributed by atoms with E-state index in [4.69, 9.17) is 4.74 Å². The third kappa shape index (κ3) is 5.22. The quantitative estimate of drug-likeness (QED) is 0.606. The molecule has 0 atom stereocenters. The molecule has 29 heavy (non-hydrogen) atoms. The van der Waals surface area contributed by atoms with Gasteiger partial charge in [0.15, 0.2) is 0 Å². The van der Waals surface area contributed by atoms with E-state index in [1.165, 1.54) is 0 Å². The van der Waals surface area contributed by atoms with Crippen LogP contribution in [0.4, 0.5) is 22.1 Å². The van der Waals surface area contributed by atoms with E-state index in [0.717, 1.165) is 22.6 Å². The highest BCUT2D eigenvalue weighted by Crippen LogP contribution is 2.23. The second-order valence-electron chi connectivity index (χ2n) is 6.33. The summed E-state index contributed by atoms with van der Waals surface area (Å²) < 4.78 is 5.18. The molecule has 150 valence electrons. The molecule has 2 N–H and O–H groups in total. The van der Waals surface area contributed by atoms with Gasteiger partial charge < -0.3 is 20.3 Å². The van der Waals surface area contributed by atoms with Gasteiger partial charge in [-0.05, 0) is 49.7 Å². The molecule has 0 unspecified atom stereocenters. The molecule has 1 heterocycles. The van der Waals surface area contributed by atoms with Gasteiger partial charge in [-0.25, -0.2) is 14.8 Å². The van der Waals surface area contributed by atoms with Gasteiger partial charge in [-0.3, -0.25) is 0 Å². The van der Waals surface area contributed by atoms with E-state index in [1.807, 2.05) is 62.4 Å². The van der Waals surface area contributed by atoms with E-state index in [9.17, 15) is 4.79 Å². The number of carbonyl (C=O) groups is 1. The zero-order valence-corrected chi connectivity index (χ0v) is 16.8. The third-order valence-electron chi connectivity index (χ3n) is 4.50. The van der Waals surface area contributed by atoms with Crippen molar-refractivity contribution in [1.29, 1.82) is 0 Å². The first kappa shape index (κ1) is 20.1. The summed E-state index contributed by atoms with van der Waals surface area (Å²) in [5.41, 5.74) is 3.43. The lowest BCUT2D eigenvalue weighted by atomic mass is 10.1. The molecule has 2 amide bonds. The fourth-order valence-electron chi connectivity index (χ4n) is 2.84. The number of anilines is 3. The van der Waals surface area contributed by atoms with Gasteiger partial charge in [-0.2, -0.15) is 0 Å². The molecule has 2 aromatic carbocycles. The highest BCUT2D eigenvalue weighted by atomic mass is 16.5. The summed E-state index contributed by atoms with van der Waals surface area (Å²) >= 11 is 0. The van der Waals surface area contributed by atoms with Gasteiger partial charge in [0, 0.05) is 42.4 Å². The number of ether oxygens (including phenoxy) is 1. The van der Waals surface area contributed by atoms with Crippen LogP contribution in [0, 0.1) is 0 Å². The number of rotatable bonds is 7. The number of hydrogen-bond acceptors (Lipinski definition) is 5. The van der Waals surface area contributed by atoms with Crippen LogP contribution in [0.3, 0.4) is 0 Å². The molecule has 7 heteroatoms. The monoisotopic (exact) mass is 391 g/mol. The van der Waals surface area contributed by atoms with Gasteiger partial charge >= 0.3 is 6.03 Å². The zero-order valence-electron chi connectivity index (χ0n) is 16.8. The molecule has 0 fully saturated rings. The van der Waals surface area contributed by atoms with Gasteiger partial charge in [0.25, 0.3) is 0 Å². The largest absolute Gasteiger partial charge is 0.497 e. The van der Waals surface area contributed by atoms with Crippen molar-refractivity contribution in [2.24, 2.45) is 0 Å². The lowest BCUT2D eigenvalue weighted by molar-refractivity contribution is 0.217. The first-order valence-corrected chi connectivity index (χ1v) is 9.52. The molecule has 1 aromatic heterocycles. The van der Waals surface area contributed by atoms with Crippen LogP contribution in [0.15, 0.2) is 60.9 Å². The van der Waals surface area contributed by atoms with Crippen molar-refractivity contribution < 1.29 is 9.53 Å². The lowest BCUT2D eigenvalue weighted by Gasteiger charge is -2.19. The van der Waals surface area contributed by atoms with Crippen molar-refractivity contribution in [3.05, 3.63) is 60.9 Å². The summed E-state index contributed by atoms with van der Waals surface area (Å²) in [7, 11) is 1.64. The highest BCUT2D eigenvalue weighted by Gasteiger charge is 2.09. The SMILES string of the molecule is CCN(CC)C(=O)Nc1cccc(Nc2ncc(-c3ccc(OC)cc3)cn2)c1. The Morgan fingerprint density at radius 2 is 1.62 bits per heavy atom. The second-order valence-corrected chi connectivity index (χ2v) is 6.33. The first-order valence-electron chi connectivity index (χ1n) is 9.52. The zero-order chi connectivity index (χ0) is 20.6. The maximum Gasteiger partial charge on any atom is 0.321 e. The molecule has 3 rings (SSSR count). The molecule has 3 aromatic rings. The number of hydrogen-bond donors (Lipinski definition) is 2. The number of nitrogens with zero attached hydrogens (tertiary/aromatic N) is 3. The van der Waals surface area contributed by atoms with Crippen LogP contribution in [0.2, 0.25) is 0 Å². The molecule has 0 saturated carbocycles. The number of methoxy groups -OCH3 is 1. The predicted octanol–water partition coefficient (Wildman–Crippen LogP) is 4.77. The van der Waals surface area contributed by atoms with Crippen molar-refractivity contribution in [2.45, 2.75) is 13.8 Å². The molecule has 0 saturated heterocycles. The normalized spacial score (nSPS) is 10.3. The van der Waals surface area contributed by atoms with Crippen LogP contribution in [-0.4, -0.2) is 41.1 Å². The minimum absolute atomic E-state index is 0.118. The van der Waals surface area contributed by atoms with Crippen molar-refractivity contribution in [3.63, 3.8) is 0 Å². The topological polar surface area (TPSA) is 79.4 Å². The third-order valence-corrected chi connectivity index (χ3v) is 4.50. The molecule has 0 aliphatic carbocycles. The van der Waals surface area contributed by atoms with Crippen molar-refractivity contribution >= 4 is 23.4 Å². The van der Waals surface area contributed by atoms with Crippen molar-refractivity contribution in [3.8, 4) is 16.9 Å². The molecular weight excluding hydrogens is 366 g/mol. The highest BCUT2D eigenvalue weighted by molar-refractivity contribution is 5.90. The second kappa shape index (κ2) is 9.54. The summed E-state index contributed by atoms with van der Waals surface area (Å²) in [5, 5.41) is 6.07. The predicted molar refractivity (Wildman–Crippen MR) is 116 cm³/mol. The number of urea groups is 1. The van der Waals surface area contributed by atoms with E-state index in [1.54, 1.807) is 24.4 Å². The Hall–Kier alpha value is -3.61. The van der Waals surface area contributed by atoms with Crippen LogP contribution >= 0.6 is 0 Å². The number of carbonyl (C=O) groups excluding carboxylic acids is 1. The summed E-state index contributed by atoms with van der Waals surface area (Å²) in [5.74, 6) is 1.29. The average Bonchev–Trinajstić information content (AvgIpc) is 2.75. The van der Waals surface area contributed by atoms with Crippen molar-refractivity contribution in [2.75, 3.05) is 30.8 Å². The minimum atomic E-state index is -0.118. The van der Waals surface area contributed by atoms with Gasteiger partial charge in [0.05, 0.1) is 7.11 Å². The van der Waals surface area contributed by atoms with E-state index < -0.39 is 0 Å². The molecule has 7 nitrogen and oxygen atoms in total. The Kier molecular flexibility index (Phi) is 6.63. The Balaban J connectivity index is 1.67. The molecule has 0 bridgehead atoms. The molecular formula is C22H25N5O2. The van der Waals surface area contributed by atoms with Crippen LogP contribution < -0.4 is 15.4 Å². The smallest absolute Gasteiger partial charge is 0.321 e. The van der Waals surface area contributed by atoms with Crippen LogP contribution in [0.25, 0.3) is 11.1 Å². The van der Waals surface area contributed by atoms with Gasteiger partial charge in [-0.15, -0.1) is 0 Å². The Morgan fingerprint density at radius 1 is 0.966 bits per heavy atom. The molecule has 0 aliphatic heterocycles. The van der Waals surface area contributed by atoms with E-state index >= 15 is 0 Å². The van der Waals surface area contributed by atoms with Crippen molar-refractivity contribution in [1.82, 2.24) is 14.9 Å². The number of nitrogens with one attached hydrogen (secondary N) is 2. The summed E-state index contributed by atoms with van der Waals surface area (Å²) in [6.07, 6.45) is 3.53.